The minimum atomic E-state index is -3.62. The van der Waals surface area contributed by atoms with Crippen LogP contribution in [0.4, 0.5) is 0 Å². The predicted molar refractivity (Wildman–Crippen MR) is 80.9 cm³/mol. The van der Waals surface area contributed by atoms with Gasteiger partial charge in [-0.3, -0.25) is 4.79 Å². The van der Waals surface area contributed by atoms with Crippen LogP contribution in [0.5, 0.6) is 0 Å². The number of hydrogen-bond acceptors (Lipinski definition) is 4. The molecule has 0 unspecified atom stereocenters. The molecule has 0 saturated carbocycles. The quantitative estimate of drug-likeness (QED) is 0.508. The first kappa shape index (κ1) is 16.5. The minimum absolute atomic E-state index is 0.123. The molecule has 0 saturated heterocycles. The van der Waals surface area contributed by atoms with Crippen molar-refractivity contribution in [2.75, 3.05) is 13.1 Å². The van der Waals surface area contributed by atoms with Crippen LogP contribution in [-0.2, 0) is 14.8 Å². The topological polar surface area (TPSA) is 101 Å². The van der Waals surface area contributed by atoms with Gasteiger partial charge in [0, 0.05) is 25.6 Å². The highest BCUT2D eigenvalue weighted by atomic mass is 32.2. The first-order chi connectivity index (χ1) is 9.24. The average molecular weight is 315 g/mol. The Morgan fingerprint density at radius 1 is 1.35 bits per heavy atom. The van der Waals surface area contributed by atoms with E-state index in [4.69, 9.17) is 18.0 Å². The van der Waals surface area contributed by atoms with Gasteiger partial charge in [0.25, 0.3) is 0 Å². The van der Waals surface area contributed by atoms with Crippen LogP contribution in [0.15, 0.2) is 23.1 Å². The molecule has 0 aliphatic rings. The smallest absolute Gasteiger partial charge is 0.240 e. The highest BCUT2D eigenvalue weighted by Gasteiger charge is 2.16. The van der Waals surface area contributed by atoms with Crippen molar-refractivity contribution in [1.29, 1.82) is 0 Å². The fourth-order valence-corrected chi connectivity index (χ4v) is 2.99. The summed E-state index contributed by atoms with van der Waals surface area (Å²) in [6.07, 6.45) is 0. The molecule has 6 nitrogen and oxygen atoms in total. The molecule has 1 aromatic rings. The summed E-state index contributed by atoms with van der Waals surface area (Å²) in [6.45, 7) is 3.40. The van der Waals surface area contributed by atoms with Gasteiger partial charge < -0.3 is 11.1 Å². The van der Waals surface area contributed by atoms with Crippen LogP contribution >= 0.6 is 12.2 Å². The molecule has 8 heteroatoms. The molecule has 0 aromatic heterocycles. The number of amides is 1. The number of benzene rings is 1. The van der Waals surface area contributed by atoms with Gasteiger partial charge in [0.15, 0.2) is 0 Å². The van der Waals surface area contributed by atoms with Crippen molar-refractivity contribution < 1.29 is 13.2 Å². The summed E-state index contributed by atoms with van der Waals surface area (Å²) in [5.41, 5.74) is 6.67. The van der Waals surface area contributed by atoms with Crippen LogP contribution in [0.2, 0.25) is 0 Å². The van der Waals surface area contributed by atoms with Gasteiger partial charge in [-0.2, -0.15) is 0 Å². The van der Waals surface area contributed by atoms with Crippen LogP contribution in [0.3, 0.4) is 0 Å². The summed E-state index contributed by atoms with van der Waals surface area (Å²) < 4.78 is 26.6. The Morgan fingerprint density at radius 2 is 2.00 bits per heavy atom. The third kappa shape index (κ3) is 4.55. The van der Waals surface area contributed by atoms with Crippen LogP contribution in [-0.4, -0.2) is 32.4 Å². The monoisotopic (exact) mass is 315 g/mol. The lowest BCUT2D eigenvalue weighted by Crippen LogP contribution is -2.34. The van der Waals surface area contributed by atoms with Crippen molar-refractivity contribution in [3.05, 3.63) is 29.3 Å². The molecule has 1 aromatic carbocycles. The standard InChI is InChI=1S/C12H17N3O3S2/c1-8-7-10(12(13)19)3-4-11(8)20(17,18)15-6-5-14-9(2)16/h3-4,7,15H,5-6H2,1-2H3,(H2,13,19)(H,14,16). The first-order valence-corrected chi connectivity index (χ1v) is 7.78. The highest BCUT2D eigenvalue weighted by molar-refractivity contribution is 7.89. The lowest BCUT2D eigenvalue weighted by molar-refractivity contribution is -0.118. The number of carbonyl (C=O) groups is 1. The Bertz CT molecular complexity index is 627. The second-order valence-corrected chi connectivity index (χ2v) is 6.40. The van der Waals surface area contributed by atoms with Gasteiger partial charge in [-0.1, -0.05) is 18.3 Å². The molecule has 20 heavy (non-hydrogen) atoms. The van der Waals surface area contributed by atoms with Gasteiger partial charge in [0.2, 0.25) is 15.9 Å². The van der Waals surface area contributed by atoms with Crippen LogP contribution < -0.4 is 15.8 Å². The number of rotatable bonds is 6. The molecule has 0 spiro atoms. The van der Waals surface area contributed by atoms with E-state index in [1.807, 2.05) is 0 Å². The van der Waals surface area contributed by atoms with Crippen molar-refractivity contribution in [3.63, 3.8) is 0 Å². The Morgan fingerprint density at radius 3 is 2.50 bits per heavy atom. The Labute approximate surface area is 123 Å². The number of hydrogen-bond donors (Lipinski definition) is 3. The summed E-state index contributed by atoms with van der Waals surface area (Å²) in [4.78, 5) is 11.1. The molecule has 0 heterocycles. The number of aryl methyl sites for hydroxylation is 1. The summed E-state index contributed by atoms with van der Waals surface area (Å²) in [7, 11) is -3.62. The number of sulfonamides is 1. The molecule has 0 atom stereocenters. The van der Waals surface area contributed by atoms with Gasteiger partial charge in [-0.05, 0) is 24.6 Å². The Hall–Kier alpha value is -1.51. The fraction of sp³-hybridized carbons (Fsp3) is 0.333. The molecule has 0 fully saturated rings. The maximum atomic E-state index is 12.1. The lowest BCUT2D eigenvalue weighted by atomic mass is 10.1. The normalized spacial score (nSPS) is 11.1. The summed E-state index contributed by atoms with van der Waals surface area (Å²) in [5, 5.41) is 2.51. The number of carbonyl (C=O) groups excluding carboxylic acids is 1. The van der Waals surface area contributed by atoms with E-state index in [0.29, 0.717) is 11.1 Å². The predicted octanol–water partition coefficient (Wildman–Crippen LogP) is 0.0436. The van der Waals surface area contributed by atoms with Crippen LogP contribution in [0, 0.1) is 6.92 Å². The second-order valence-electron chi connectivity index (χ2n) is 4.23. The number of nitrogens with one attached hydrogen (secondary N) is 2. The van der Waals surface area contributed by atoms with Gasteiger partial charge in [0.1, 0.15) is 4.99 Å². The average Bonchev–Trinajstić information content (AvgIpc) is 2.34. The van der Waals surface area contributed by atoms with Gasteiger partial charge in [-0.15, -0.1) is 0 Å². The zero-order valence-electron chi connectivity index (χ0n) is 11.3. The molecule has 4 N–H and O–H groups in total. The molecule has 110 valence electrons. The minimum Gasteiger partial charge on any atom is -0.389 e. The van der Waals surface area contributed by atoms with Crippen molar-refractivity contribution in [2.45, 2.75) is 18.7 Å². The zero-order chi connectivity index (χ0) is 15.3. The summed E-state index contributed by atoms with van der Waals surface area (Å²) >= 11 is 4.84. The van der Waals surface area contributed by atoms with Crippen molar-refractivity contribution in [3.8, 4) is 0 Å². The van der Waals surface area contributed by atoms with E-state index in [9.17, 15) is 13.2 Å². The van der Waals surface area contributed by atoms with Crippen molar-refractivity contribution >= 4 is 33.1 Å². The molecule has 0 aliphatic carbocycles. The van der Waals surface area contributed by atoms with E-state index in [-0.39, 0.29) is 28.9 Å². The zero-order valence-corrected chi connectivity index (χ0v) is 12.9. The van der Waals surface area contributed by atoms with Gasteiger partial charge in [0.05, 0.1) is 4.90 Å². The SMILES string of the molecule is CC(=O)NCCNS(=O)(=O)c1ccc(C(N)=S)cc1C. The third-order valence-corrected chi connectivity index (χ3v) is 4.40. The molecule has 1 amide bonds. The van der Waals surface area contributed by atoms with E-state index in [0.717, 1.165) is 0 Å². The van der Waals surface area contributed by atoms with E-state index in [2.05, 4.69) is 10.0 Å². The second kappa shape index (κ2) is 6.78. The fourth-order valence-electron chi connectivity index (χ4n) is 1.61. The van der Waals surface area contributed by atoms with Gasteiger partial charge in [-0.25, -0.2) is 13.1 Å². The molecule has 1 rings (SSSR count). The van der Waals surface area contributed by atoms with Crippen molar-refractivity contribution in [1.82, 2.24) is 10.0 Å². The van der Waals surface area contributed by atoms with Gasteiger partial charge >= 0.3 is 0 Å². The molecular formula is C12H17N3O3S2. The van der Waals surface area contributed by atoms with Crippen LogP contribution in [0.25, 0.3) is 0 Å². The van der Waals surface area contributed by atoms with Crippen molar-refractivity contribution in [2.24, 2.45) is 5.73 Å². The molecule has 0 radical (unpaired) electrons. The molecule has 0 aliphatic heterocycles. The summed E-state index contributed by atoms with van der Waals surface area (Å²) in [6, 6.07) is 4.66. The Balaban J connectivity index is 2.82. The third-order valence-electron chi connectivity index (χ3n) is 2.54. The number of nitrogens with two attached hydrogens (primary N) is 1. The maximum absolute atomic E-state index is 12.1. The molecular weight excluding hydrogens is 298 g/mol. The Kier molecular flexibility index (Phi) is 5.61. The first-order valence-electron chi connectivity index (χ1n) is 5.88. The van der Waals surface area contributed by atoms with E-state index >= 15 is 0 Å². The largest absolute Gasteiger partial charge is 0.389 e. The lowest BCUT2D eigenvalue weighted by Gasteiger charge is -2.10. The molecule has 0 bridgehead atoms. The van der Waals surface area contributed by atoms with E-state index in [1.165, 1.54) is 13.0 Å². The van der Waals surface area contributed by atoms with E-state index < -0.39 is 10.0 Å². The summed E-state index contributed by atoms with van der Waals surface area (Å²) in [5.74, 6) is -0.207. The highest BCUT2D eigenvalue weighted by Crippen LogP contribution is 2.16. The maximum Gasteiger partial charge on any atom is 0.240 e. The van der Waals surface area contributed by atoms with Crippen LogP contribution in [0.1, 0.15) is 18.1 Å². The van der Waals surface area contributed by atoms with E-state index in [1.54, 1.807) is 19.1 Å². The number of thiocarbonyl (C=S) groups is 1.